The molecule has 102 valence electrons. The van der Waals surface area contributed by atoms with Gasteiger partial charge in [-0.05, 0) is 18.2 Å². The Hall–Kier alpha value is -0.000000000000000111. The first-order valence-corrected chi connectivity index (χ1v) is 9.40. The second-order valence-corrected chi connectivity index (χ2v) is 10.0. The highest BCUT2D eigenvalue weighted by Crippen LogP contribution is 2.15. The fraction of sp³-hybridized carbons (Fsp3) is 0.250. The molecule has 0 fully saturated rings. The summed E-state index contributed by atoms with van der Waals surface area (Å²) in [5, 5.41) is 4.93. The van der Waals surface area contributed by atoms with Gasteiger partial charge in [-0.2, -0.15) is 0 Å². The van der Waals surface area contributed by atoms with Gasteiger partial charge in [0.05, 0.1) is 13.5 Å². The maximum Gasteiger partial charge on any atom is 0.240 e. The van der Waals surface area contributed by atoms with Crippen molar-refractivity contribution in [3.63, 3.8) is 0 Å². The van der Waals surface area contributed by atoms with E-state index in [1.165, 1.54) is 18.2 Å². The number of sulfonamides is 2. The van der Waals surface area contributed by atoms with Gasteiger partial charge in [-0.25, -0.2) is 26.7 Å². The number of primary sulfonamides is 1. The van der Waals surface area contributed by atoms with E-state index >= 15 is 0 Å². The fourth-order valence-electron chi connectivity index (χ4n) is 1.07. The number of nitrogens with one attached hydrogen (secondary N) is 1. The molecule has 0 saturated heterocycles. The van der Waals surface area contributed by atoms with Gasteiger partial charge in [0.25, 0.3) is 0 Å². The molecule has 0 spiro atoms. The van der Waals surface area contributed by atoms with Gasteiger partial charge < -0.3 is 0 Å². The van der Waals surface area contributed by atoms with Gasteiger partial charge in [-0.3, -0.25) is 0 Å². The van der Waals surface area contributed by atoms with Crippen molar-refractivity contribution in [2.24, 2.45) is 5.14 Å². The second-order valence-electron chi connectivity index (χ2n) is 3.26. The van der Waals surface area contributed by atoms with Gasteiger partial charge in [0.1, 0.15) is 0 Å². The standard InChI is InChI=1S/C8H10Br2N2O4S2/c9-8(10)5-12-18(15,16)7-3-1-2-6(4-7)17(11,13)14/h1-4,8,12H,5H2,(H2,11,13,14). The van der Waals surface area contributed by atoms with E-state index < -0.39 is 20.0 Å². The van der Waals surface area contributed by atoms with Crippen LogP contribution in [0.15, 0.2) is 34.1 Å². The Morgan fingerprint density at radius 3 is 2.22 bits per heavy atom. The lowest BCUT2D eigenvalue weighted by Crippen LogP contribution is -2.28. The molecular weight excluding hydrogens is 412 g/mol. The minimum Gasteiger partial charge on any atom is -0.225 e. The molecule has 0 aliphatic heterocycles. The van der Waals surface area contributed by atoms with E-state index in [1.54, 1.807) is 0 Å². The van der Waals surface area contributed by atoms with Crippen LogP contribution in [-0.4, -0.2) is 27.1 Å². The average Bonchev–Trinajstić information content (AvgIpc) is 2.26. The minimum atomic E-state index is -3.93. The first-order valence-electron chi connectivity index (χ1n) is 4.53. The quantitative estimate of drug-likeness (QED) is 0.683. The Morgan fingerprint density at radius 1 is 1.17 bits per heavy atom. The molecule has 0 heterocycles. The van der Waals surface area contributed by atoms with Crippen LogP contribution in [0.4, 0.5) is 0 Å². The van der Waals surface area contributed by atoms with Crippen molar-refractivity contribution >= 4 is 51.9 Å². The summed E-state index contributed by atoms with van der Waals surface area (Å²) >= 11 is 6.24. The molecule has 1 aromatic rings. The van der Waals surface area contributed by atoms with Crippen LogP contribution in [0.1, 0.15) is 0 Å². The van der Waals surface area contributed by atoms with E-state index in [2.05, 4.69) is 36.6 Å². The lowest BCUT2D eigenvalue weighted by molar-refractivity contribution is 0.583. The summed E-state index contributed by atoms with van der Waals surface area (Å²) in [6, 6.07) is 4.84. The van der Waals surface area contributed by atoms with Crippen LogP contribution in [0.2, 0.25) is 0 Å². The summed E-state index contributed by atoms with van der Waals surface area (Å²) in [6.07, 6.45) is 0. The number of rotatable bonds is 5. The number of hydrogen-bond donors (Lipinski definition) is 2. The summed E-state index contributed by atoms with van der Waals surface area (Å²) in [5.74, 6) is 0. The molecule has 1 rings (SSSR count). The first-order chi connectivity index (χ1) is 8.13. The summed E-state index contributed by atoms with van der Waals surface area (Å²) in [7, 11) is -7.70. The molecule has 0 aliphatic rings. The summed E-state index contributed by atoms with van der Waals surface area (Å²) in [4.78, 5) is -0.408. The highest BCUT2D eigenvalue weighted by molar-refractivity contribution is 9.24. The highest BCUT2D eigenvalue weighted by atomic mass is 79.9. The van der Waals surface area contributed by atoms with Gasteiger partial charge in [0.2, 0.25) is 20.0 Å². The van der Waals surface area contributed by atoms with E-state index in [-0.39, 0.29) is 20.1 Å². The lowest BCUT2D eigenvalue weighted by atomic mass is 10.4. The summed E-state index contributed by atoms with van der Waals surface area (Å²) in [6.45, 7) is 0.113. The van der Waals surface area contributed by atoms with Crippen molar-refractivity contribution < 1.29 is 16.8 Å². The molecule has 0 radical (unpaired) electrons. The average molecular weight is 422 g/mol. The number of nitrogens with two attached hydrogens (primary N) is 1. The maximum absolute atomic E-state index is 11.8. The van der Waals surface area contributed by atoms with Gasteiger partial charge in [0, 0.05) is 6.54 Å². The largest absolute Gasteiger partial charge is 0.240 e. The Labute approximate surface area is 122 Å². The monoisotopic (exact) mass is 420 g/mol. The van der Waals surface area contributed by atoms with Crippen molar-refractivity contribution in [1.82, 2.24) is 4.72 Å². The SMILES string of the molecule is NS(=O)(=O)c1cccc(S(=O)(=O)NCC(Br)Br)c1. The molecule has 10 heteroatoms. The molecule has 0 amide bonds. The smallest absolute Gasteiger partial charge is 0.225 e. The number of alkyl halides is 2. The van der Waals surface area contributed by atoms with Crippen LogP contribution in [0.5, 0.6) is 0 Å². The Morgan fingerprint density at radius 2 is 1.72 bits per heavy atom. The number of halogens is 2. The highest BCUT2D eigenvalue weighted by Gasteiger charge is 2.17. The molecule has 0 aliphatic carbocycles. The summed E-state index contributed by atoms with van der Waals surface area (Å²) < 4.78 is 48.0. The zero-order valence-electron chi connectivity index (χ0n) is 8.88. The Balaban J connectivity index is 3.11. The predicted molar refractivity (Wildman–Crippen MR) is 74.6 cm³/mol. The van der Waals surface area contributed by atoms with Gasteiger partial charge in [0.15, 0.2) is 0 Å². The van der Waals surface area contributed by atoms with Crippen molar-refractivity contribution in [2.45, 2.75) is 13.5 Å². The van der Waals surface area contributed by atoms with Crippen LogP contribution < -0.4 is 9.86 Å². The van der Waals surface area contributed by atoms with Crippen molar-refractivity contribution in [1.29, 1.82) is 0 Å². The second kappa shape index (κ2) is 5.97. The van der Waals surface area contributed by atoms with E-state index in [0.717, 1.165) is 6.07 Å². The third kappa shape index (κ3) is 4.59. The van der Waals surface area contributed by atoms with Crippen LogP contribution in [0, 0.1) is 0 Å². The number of hydrogen-bond acceptors (Lipinski definition) is 4. The van der Waals surface area contributed by atoms with Crippen LogP contribution in [0.3, 0.4) is 0 Å². The molecule has 0 aromatic heterocycles. The predicted octanol–water partition coefficient (Wildman–Crippen LogP) is 0.728. The maximum atomic E-state index is 11.8. The first kappa shape index (κ1) is 16.1. The van der Waals surface area contributed by atoms with Crippen molar-refractivity contribution in [3.8, 4) is 0 Å². The molecule has 1 aromatic carbocycles. The molecular formula is C8H10Br2N2O4S2. The third-order valence-electron chi connectivity index (χ3n) is 1.87. The zero-order valence-corrected chi connectivity index (χ0v) is 13.7. The topological polar surface area (TPSA) is 106 Å². The van der Waals surface area contributed by atoms with Gasteiger partial charge >= 0.3 is 0 Å². The Bertz CT molecular complexity index is 628. The van der Waals surface area contributed by atoms with Crippen LogP contribution in [-0.2, 0) is 20.0 Å². The van der Waals surface area contributed by atoms with E-state index in [9.17, 15) is 16.8 Å². The van der Waals surface area contributed by atoms with Gasteiger partial charge in [-0.1, -0.05) is 37.9 Å². The minimum absolute atomic E-state index is 0.113. The van der Waals surface area contributed by atoms with E-state index in [0.29, 0.717) is 0 Å². The molecule has 18 heavy (non-hydrogen) atoms. The van der Waals surface area contributed by atoms with Gasteiger partial charge in [-0.15, -0.1) is 0 Å². The lowest BCUT2D eigenvalue weighted by Gasteiger charge is -2.08. The molecule has 6 nitrogen and oxygen atoms in total. The third-order valence-corrected chi connectivity index (χ3v) is 4.85. The van der Waals surface area contributed by atoms with Crippen LogP contribution in [0.25, 0.3) is 0 Å². The molecule has 0 unspecified atom stereocenters. The molecule has 0 bridgehead atoms. The molecule has 0 atom stereocenters. The number of benzene rings is 1. The fourth-order valence-corrected chi connectivity index (χ4v) is 3.55. The zero-order chi connectivity index (χ0) is 14.0. The van der Waals surface area contributed by atoms with Crippen LogP contribution >= 0.6 is 31.9 Å². The normalized spacial score (nSPS) is 12.9. The molecule has 3 N–H and O–H groups in total. The summed E-state index contributed by atoms with van der Waals surface area (Å²) in [5.41, 5.74) is 0. The molecule has 0 saturated carbocycles. The van der Waals surface area contributed by atoms with E-state index in [4.69, 9.17) is 5.14 Å². The van der Waals surface area contributed by atoms with E-state index in [1.807, 2.05) is 0 Å². The van der Waals surface area contributed by atoms with Crippen molar-refractivity contribution in [2.75, 3.05) is 6.54 Å². The Kier molecular flexibility index (Phi) is 5.32. The van der Waals surface area contributed by atoms with Crippen molar-refractivity contribution in [3.05, 3.63) is 24.3 Å².